The predicted molar refractivity (Wildman–Crippen MR) is 81.6 cm³/mol. The molecule has 2 amide bonds. The first-order valence-corrected chi connectivity index (χ1v) is 7.25. The maximum Gasteiger partial charge on any atom is 0.319 e. The number of amides is 2. The van der Waals surface area contributed by atoms with Gasteiger partial charge in [-0.1, -0.05) is 17.7 Å². The number of anilines is 1. The zero-order chi connectivity index (χ0) is 15.6. The molecule has 1 fully saturated rings. The van der Waals surface area contributed by atoms with Crippen LogP contribution in [0.15, 0.2) is 12.1 Å². The fourth-order valence-corrected chi connectivity index (χ4v) is 3.05. The van der Waals surface area contributed by atoms with Crippen LogP contribution in [0.5, 0.6) is 0 Å². The fraction of sp³-hybridized carbons (Fsp3) is 0.500. The van der Waals surface area contributed by atoms with Crippen molar-refractivity contribution >= 4 is 17.7 Å². The van der Waals surface area contributed by atoms with Crippen molar-refractivity contribution < 1.29 is 14.7 Å². The number of rotatable bonds is 3. The van der Waals surface area contributed by atoms with Crippen LogP contribution in [-0.2, 0) is 4.79 Å². The van der Waals surface area contributed by atoms with Gasteiger partial charge in [0, 0.05) is 11.7 Å². The molecule has 21 heavy (non-hydrogen) atoms. The number of carbonyl (C=O) groups is 2. The molecule has 1 saturated carbocycles. The zero-order valence-electron chi connectivity index (χ0n) is 12.7. The molecule has 2 rings (SSSR count). The predicted octanol–water partition coefficient (Wildman–Crippen LogP) is 2.99. The van der Waals surface area contributed by atoms with Gasteiger partial charge in [-0.25, -0.2) is 4.79 Å². The average Bonchev–Trinajstić information content (AvgIpc) is 2.82. The average molecular weight is 290 g/mol. The first-order chi connectivity index (χ1) is 9.86. The van der Waals surface area contributed by atoms with Crippen molar-refractivity contribution in [2.45, 2.75) is 46.1 Å². The molecule has 0 bridgehead atoms. The summed E-state index contributed by atoms with van der Waals surface area (Å²) in [5.74, 6) is -1.11. The second-order valence-corrected chi connectivity index (χ2v) is 5.92. The second kappa shape index (κ2) is 6.16. The van der Waals surface area contributed by atoms with Crippen molar-refractivity contribution in [1.29, 1.82) is 0 Å². The van der Waals surface area contributed by atoms with Gasteiger partial charge in [-0.15, -0.1) is 0 Å². The number of carboxylic acids is 1. The number of nitrogens with one attached hydrogen (secondary N) is 2. The Bertz CT molecular complexity index is 546. The molecule has 1 aromatic rings. The molecule has 5 nitrogen and oxygen atoms in total. The normalized spacial score (nSPS) is 21.1. The Hall–Kier alpha value is -2.04. The van der Waals surface area contributed by atoms with Crippen LogP contribution in [-0.4, -0.2) is 23.1 Å². The molecule has 0 heterocycles. The summed E-state index contributed by atoms with van der Waals surface area (Å²) >= 11 is 0. The molecule has 0 aromatic heterocycles. The third-order valence-electron chi connectivity index (χ3n) is 4.03. The Morgan fingerprint density at radius 2 is 1.76 bits per heavy atom. The lowest BCUT2D eigenvalue weighted by atomic mass is 10.1. The number of hydrogen-bond acceptors (Lipinski definition) is 2. The Labute approximate surface area is 124 Å². The second-order valence-electron chi connectivity index (χ2n) is 5.92. The van der Waals surface area contributed by atoms with Crippen LogP contribution in [0.4, 0.5) is 10.5 Å². The lowest BCUT2D eigenvalue weighted by Gasteiger charge is -2.16. The zero-order valence-corrected chi connectivity index (χ0v) is 12.7. The van der Waals surface area contributed by atoms with Gasteiger partial charge in [0.2, 0.25) is 0 Å². The van der Waals surface area contributed by atoms with Gasteiger partial charge in [0.25, 0.3) is 0 Å². The molecule has 0 saturated heterocycles. The summed E-state index contributed by atoms with van der Waals surface area (Å²) in [5, 5.41) is 14.7. The summed E-state index contributed by atoms with van der Waals surface area (Å²) < 4.78 is 0. The first-order valence-electron chi connectivity index (χ1n) is 7.25. The Balaban J connectivity index is 1.96. The van der Waals surface area contributed by atoms with Gasteiger partial charge in [0.15, 0.2) is 0 Å². The molecule has 2 unspecified atom stereocenters. The Kier molecular flexibility index (Phi) is 4.50. The van der Waals surface area contributed by atoms with Crippen LogP contribution in [0.2, 0.25) is 0 Å². The highest BCUT2D eigenvalue weighted by molar-refractivity contribution is 5.91. The van der Waals surface area contributed by atoms with Crippen LogP contribution in [0.3, 0.4) is 0 Å². The van der Waals surface area contributed by atoms with Crippen molar-refractivity contribution in [2.24, 2.45) is 5.92 Å². The van der Waals surface area contributed by atoms with E-state index in [1.54, 1.807) is 0 Å². The minimum absolute atomic E-state index is 0.0582. The molecular weight excluding hydrogens is 268 g/mol. The summed E-state index contributed by atoms with van der Waals surface area (Å²) in [5.41, 5.74) is 4.04. The van der Waals surface area contributed by atoms with Crippen molar-refractivity contribution in [2.75, 3.05) is 5.32 Å². The summed E-state index contributed by atoms with van der Waals surface area (Å²) in [7, 11) is 0. The smallest absolute Gasteiger partial charge is 0.319 e. The van der Waals surface area contributed by atoms with E-state index >= 15 is 0 Å². The summed E-state index contributed by atoms with van der Waals surface area (Å²) in [6, 6.07) is 3.73. The number of hydrogen-bond donors (Lipinski definition) is 3. The molecule has 1 aliphatic rings. The van der Waals surface area contributed by atoms with Gasteiger partial charge in [-0.3, -0.25) is 4.79 Å². The minimum atomic E-state index is -0.773. The number of carboxylic acid groups (broad SMARTS) is 1. The van der Waals surface area contributed by atoms with Crippen molar-refractivity contribution in [1.82, 2.24) is 5.32 Å². The Morgan fingerprint density at radius 3 is 2.29 bits per heavy atom. The van der Waals surface area contributed by atoms with Gasteiger partial charge in [-0.2, -0.15) is 0 Å². The fourth-order valence-electron chi connectivity index (χ4n) is 3.05. The molecule has 2 atom stereocenters. The molecule has 1 aromatic carbocycles. The van der Waals surface area contributed by atoms with Crippen molar-refractivity contribution in [3.05, 3.63) is 28.8 Å². The Morgan fingerprint density at radius 1 is 1.14 bits per heavy atom. The van der Waals surface area contributed by atoms with E-state index in [0.29, 0.717) is 12.8 Å². The van der Waals surface area contributed by atoms with E-state index in [0.717, 1.165) is 28.8 Å². The molecule has 0 spiro atoms. The van der Waals surface area contributed by atoms with Crippen molar-refractivity contribution in [3.63, 3.8) is 0 Å². The minimum Gasteiger partial charge on any atom is -0.481 e. The van der Waals surface area contributed by atoms with Gasteiger partial charge < -0.3 is 15.7 Å². The SMILES string of the molecule is Cc1cc(C)c(NC(=O)NC2CCC(C(=O)O)C2)c(C)c1. The highest BCUT2D eigenvalue weighted by Crippen LogP contribution is 2.26. The third-order valence-corrected chi connectivity index (χ3v) is 4.03. The molecule has 3 N–H and O–H groups in total. The molecule has 1 aliphatic carbocycles. The summed E-state index contributed by atoms with van der Waals surface area (Å²) in [4.78, 5) is 23.0. The largest absolute Gasteiger partial charge is 0.481 e. The topological polar surface area (TPSA) is 78.4 Å². The highest BCUT2D eigenvalue weighted by atomic mass is 16.4. The van der Waals surface area contributed by atoms with E-state index in [1.807, 2.05) is 32.9 Å². The van der Waals surface area contributed by atoms with E-state index in [9.17, 15) is 9.59 Å². The monoisotopic (exact) mass is 290 g/mol. The molecular formula is C16H22N2O3. The van der Waals surface area contributed by atoms with E-state index in [4.69, 9.17) is 5.11 Å². The van der Waals surface area contributed by atoms with E-state index < -0.39 is 5.97 Å². The van der Waals surface area contributed by atoms with Crippen LogP contribution in [0.1, 0.15) is 36.0 Å². The standard InChI is InChI=1S/C16H22N2O3/c1-9-6-10(2)14(11(3)7-9)18-16(21)17-13-5-4-12(8-13)15(19)20/h6-7,12-13H,4-5,8H2,1-3H3,(H,19,20)(H2,17,18,21). The lowest BCUT2D eigenvalue weighted by molar-refractivity contribution is -0.141. The first kappa shape index (κ1) is 15.4. The van der Waals surface area contributed by atoms with Gasteiger partial charge >= 0.3 is 12.0 Å². The maximum atomic E-state index is 12.1. The number of benzene rings is 1. The van der Waals surface area contributed by atoms with Gasteiger partial charge in [-0.05, 0) is 51.2 Å². The van der Waals surface area contributed by atoms with Crippen molar-refractivity contribution in [3.8, 4) is 0 Å². The van der Waals surface area contributed by atoms with E-state index in [-0.39, 0.29) is 18.0 Å². The maximum absolute atomic E-state index is 12.1. The number of urea groups is 1. The van der Waals surface area contributed by atoms with Crippen LogP contribution in [0.25, 0.3) is 0 Å². The number of aliphatic carboxylic acids is 1. The van der Waals surface area contributed by atoms with Gasteiger partial charge in [0.1, 0.15) is 0 Å². The lowest BCUT2D eigenvalue weighted by Crippen LogP contribution is -2.37. The van der Waals surface area contributed by atoms with E-state index in [1.165, 1.54) is 0 Å². The molecule has 5 heteroatoms. The third kappa shape index (κ3) is 3.74. The summed E-state index contributed by atoms with van der Waals surface area (Å²) in [6.07, 6.45) is 1.85. The van der Waals surface area contributed by atoms with E-state index in [2.05, 4.69) is 10.6 Å². The summed E-state index contributed by atoms with van der Waals surface area (Å²) in [6.45, 7) is 5.95. The van der Waals surface area contributed by atoms with Crippen LogP contribution in [0, 0.1) is 26.7 Å². The number of carbonyl (C=O) groups excluding carboxylic acids is 1. The van der Waals surface area contributed by atoms with Crippen LogP contribution < -0.4 is 10.6 Å². The number of aryl methyl sites for hydroxylation is 3. The van der Waals surface area contributed by atoms with Crippen LogP contribution >= 0.6 is 0 Å². The molecule has 0 aliphatic heterocycles. The molecule has 0 radical (unpaired) electrons. The molecule has 114 valence electrons. The highest BCUT2D eigenvalue weighted by Gasteiger charge is 2.30. The van der Waals surface area contributed by atoms with Gasteiger partial charge in [0.05, 0.1) is 5.92 Å². The quantitative estimate of drug-likeness (QED) is 0.800.